The van der Waals surface area contributed by atoms with Gasteiger partial charge in [0.25, 0.3) is 0 Å². The van der Waals surface area contributed by atoms with Crippen molar-refractivity contribution < 1.29 is 4.74 Å². The molecule has 110 valence electrons. The van der Waals surface area contributed by atoms with Crippen LogP contribution in [0.2, 0.25) is 0 Å². The summed E-state index contributed by atoms with van der Waals surface area (Å²) >= 11 is 8.60. The highest BCUT2D eigenvalue weighted by molar-refractivity contribution is 9.10. The predicted octanol–water partition coefficient (Wildman–Crippen LogP) is 6.17. The molecule has 1 aromatic rings. The Labute approximate surface area is 136 Å². The number of halogens is 1. The third kappa shape index (κ3) is 8.49. The van der Waals surface area contributed by atoms with Crippen molar-refractivity contribution in [2.45, 2.75) is 45.4 Å². The van der Waals surface area contributed by atoms with Crippen LogP contribution in [0.15, 0.2) is 34.8 Å². The summed E-state index contributed by atoms with van der Waals surface area (Å²) in [6.45, 7) is 2.97. The molecule has 0 aliphatic carbocycles. The summed E-state index contributed by atoms with van der Waals surface area (Å²) in [4.78, 5) is 0. The van der Waals surface area contributed by atoms with Crippen LogP contribution in [-0.4, -0.2) is 11.7 Å². The van der Waals surface area contributed by atoms with Gasteiger partial charge in [-0.1, -0.05) is 73.2 Å². The second kappa shape index (κ2) is 11.0. The zero-order valence-electron chi connectivity index (χ0n) is 12.1. The van der Waals surface area contributed by atoms with Gasteiger partial charge in [-0.2, -0.15) is 0 Å². The van der Waals surface area contributed by atoms with Crippen molar-refractivity contribution >= 4 is 39.3 Å². The van der Waals surface area contributed by atoms with Crippen LogP contribution in [0.5, 0.6) is 0 Å². The van der Waals surface area contributed by atoms with Gasteiger partial charge in [-0.25, -0.2) is 0 Å². The molecular formula is C17H23BrOS. The Kier molecular flexibility index (Phi) is 9.60. The van der Waals surface area contributed by atoms with E-state index in [2.05, 4.69) is 22.9 Å². The summed E-state index contributed by atoms with van der Waals surface area (Å²) in [5.41, 5.74) is 1.12. The maximum Gasteiger partial charge on any atom is 0.183 e. The average Bonchev–Trinajstić information content (AvgIpc) is 2.46. The van der Waals surface area contributed by atoms with Crippen LogP contribution in [-0.2, 0) is 4.74 Å². The molecule has 0 saturated heterocycles. The second-order valence-electron chi connectivity index (χ2n) is 4.82. The Bertz CT molecular complexity index is 412. The van der Waals surface area contributed by atoms with E-state index in [0.717, 1.165) is 23.1 Å². The van der Waals surface area contributed by atoms with Gasteiger partial charge in [0, 0.05) is 4.47 Å². The molecule has 20 heavy (non-hydrogen) atoms. The summed E-state index contributed by atoms with van der Waals surface area (Å²) in [6.07, 6.45) is 11.4. The molecule has 1 rings (SSSR count). The predicted molar refractivity (Wildman–Crippen MR) is 95.1 cm³/mol. The van der Waals surface area contributed by atoms with E-state index in [4.69, 9.17) is 17.0 Å². The number of hydrogen-bond acceptors (Lipinski definition) is 2. The standard InChI is InChI=1S/C17H23BrOS/c1-2-3-4-5-6-7-14-19-17(20)13-10-15-8-11-16(18)12-9-15/h8-13H,2-7,14H2,1H3. The fourth-order valence-electron chi connectivity index (χ4n) is 1.84. The lowest BCUT2D eigenvalue weighted by Gasteiger charge is -2.04. The molecular weight excluding hydrogens is 332 g/mol. The van der Waals surface area contributed by atoms with Crippen LogP contribution < -0.4 is 0 Å². The van der Waals surface area contributed by atoms with Crippen LogP contribution in [0, 0.1) is 0 Å². The molecule has 0 amide bonds. The third-order valence-corrected chi connectivity index (χ3v) is 3.81. The number of unbranched alkanes of at least 4 members (excludes halogenated alkanes) is 5. The Hall–Kier alpha value is -0.670. The molecule has 0 heterocycles. The van der Waals surface area contributed by atoms with Gasteiger partial charge in [-0.05, 0) is 42.4 Å². The Balaban J connectivity index is 2.12. The van der Waals surface area contributed by atoms with E-state index in [9.17, 15) is 0 Å². The van der Waals surface area contributed by atoms with E-state index in [0.29, 0.717) is 5.05 Å². The van der Waals surface area contributed by atoms with Crippen molar-refractivity contribution in [2.75, 3.05) is 6.61 Å². The quantitative estimate of drug-likeness (QED) is 0.298. The van der Waals surface area contributed by atoms with Crippen molar-refractivity contribution in [1.29, 1.82) is 0 Å². The largest absolute Gasteiger partial charge is 0.483 e. The van der Waals surface area contributed by atoms with Gasteiger partial charge < -0.3 is 4.74 Å². The van der Waals surface area contributed by atoms with E-state index in [1.54, 1.807) is 0 Å². The monoisotopic (exact) mass is 354 g/mol. The van der Waals surface area contributed by atoms with Crippen LogP contribution in [0.1, 0.15) is 51.0 Å². The van der Waals surface area contributed by atoms with Crippen LogP contribution >= 0.6 is 28.1 Å². The van der Waals surface area contributed by atoms with Gasteiger partial charge in [0.05, 0.1) is 6.61 Å². The molecule has 0 atom stereocenters. The van der Waals surface area contributed by atoms with Gasteiger partial charge in [0.15, 0.2) is 5.05 Å². The topological polar surface area (TPSA) is 9.23 Å². The van der Waals surface area contributed by atoms with E-state index in [1.807, 2.05) is 36.4 Å². The number of benzene rings is 1. The van der Waals surface area contributed by atoms with E-state index >= 15 is 0 Å². The molecule has 0 N–H and O–H groups in total. The molecule has 0 bridgehead atoms. The number of thiocarbonyl (C=S) groups is 1. The molecule has 3 heteroatoms. The lowest BCUT2D eigenvalue weighted by molar-refractivity contribution is 0.302. The fourth-order valence-corrected chi connectivity index (χ4v) is 2.26. The first-order valence-corrected chi connectivity index (χ1v) is 8.53. The second-order valence-corrected chi connectivity index (χ2v) is 6.14. The van der Waals surface area contributed by atoms with Gasteiger partial charge in [0.1, 0.15) is 0 Å². The van der Waals surface area contributed by atoms with Crippen molar-refractivity contribution in [1.82, 2.24) is 0 Å². The average molecular weight is 355 g/mol. The van der Waals surface area contributed by atoms with Crippen molar-refractivity contribution in [2.24, 2.45) is 0 Å². The van der Waals surface area contributed by atoms with Gasteiger partial charge in [0.2, 0.25) is 0 Å². The molecule has 0 spiro atoms. The zero-order chi connectivity index (χ0) is 14.6. The minimum absolute atomic E-state index is 0.571. The van der Waals surface area contributed by atoms with Crippen molar-refractivity contribution in [3.05, 3.63) is 40.4 Å². The maximum atomic E-state index is 5.53. The Morgan fingerprint density at radius 3 is 2.45 bits per heavy atom. The SMILES string of the molecule is CCCCCCCCOC(=S)C=Cc1ccc(Br)cc1. The van der Waals surface area contributed by atoms with Crippen molar-refractivity contribution in [3.8, 4) is 0 Å². The molecule has 0 radical (unpaired) electrons. The zero-order valence-corrected chi connectivity index (χ0v) is 14.5. The molecule has 0 aromatic heterocycles. The summed E-state index contributed by atoms with van der Waals surface area (Å²) in [5.74, 6) is 0. The van der Waals surface area contributed by atoms with Gasteiger partial charge in [-0.15, -0.1) is 0 Å². The van der Waals surface area contributed by atoms with E-state index in [-0.39, 0.29) is 0 Å². The third-order valence-electron chi connectivity index (χ3n) is 3.02. The lowest BCUT2D eigenvalue weighted by Crippen LogP contribution is -1.99. The first kappa shape index (κ1) is 17.4. The summed E-state index contributed by atoms with van der Waals surface area (Å²) in [7, 11) is 0. The molecule has 0 aliphatic rings. The molecule has 0 saturated carbocycles. The highest BCUT2D eigenvalue weighted by Gasteiger charge is 1.94. The molecule has 0 unspecified atom stereocenters. The van der Waals surface area contributed by atoms with E-state index in [1.165, 1.54) is 32.1 Å². The van der Waals surface area contributed by atoms with Crippen LogP contribution in [0.3, 0.4) is 0 Å². The first-order valence-electron chi connectivity index (χ1n) is 7.33. The Morgan fingerprint density at radius 1 is 1.10 bits per heavy atom. The highest BCUT2D eigenvalue weighted by Crippen LogP contribution is 2.11. The summed E-state index contributed by atoms with van der Waals surface area (Å²) in [6, 6.07) is 8.10. The molecule has 1 aromatic carbocycles. The molecule has 1 nitrogen and oxygen atoms in total. The molecule has 0 fully saturated rings. The minimum atomic E-state index is 0.571. The number of ether oxygens (including phenoxy) is 1. The summed E-state index contributed by atoms with van der Waals surface area (Å²) < 4.78 is 6.61. The summed E-state index contributed by atoms with van der Waals surface area (Å²) in [5, 5.41) is 0.571. The van der Waals surface area contributed by atoms with E-state index < -0.39 is 0 Å². The lowest BCUT2D eigenvalue weighted by atomic mass is 10.1. The number of hydrogen-bond donors (Lipinski definition) is 0. The van der Waals surface area contributed by atoms with Crippen LogP contribution in [0.4, 0.5) is 0 Å². The maximum absolute atomic E-state index is 5.53. The minimum Gasteiger partial charge on any atom is -0.483 e. The van der Waals surface area contributed by atoms with Gasteiger partial charge in [-0.3, -0.25) is 0 Å². The van der Waals surface area contributed by atoms with Gasteiger partial charge >= 0.3 is 0 Å². The smallest absolute Gasteiger partial charge is 0.183 e. The van der Waals surface area contributed by atoms with Crippen molar-refractivity contribution in [3.63, 3.8) is 0 Å². The number of rotatable bonds is 9. The normalized spacial score (nSPS) is 10.9. The van der Waals surface area contributed by atoms with Crippen LogP contribution in [0.25, 0.3) is 6.08 Å². The highest BCUT2D eigenvalue weighted by atomic mass is 79.9. The molecule has 0 aliphatic heterocycles. The Morgan fingerprint density at radius 2 is 1.75 bits per heavy atom. The fraction of sp³-hybridized carbons (Fsp3) is 0.471. The first-order chi connectivity index (χ1) is 9.72.